The van der Waals surface area contributed by atoms with Crippen LogP contribution in [0.1, 0.15) is 18.7 Å². The van der Waals surface area contributed by atoms with Crippen LogP contribution in [0.15, 0.2) is 102 Å². The Labute approximate surface area is 239 Å². The maximum Gasteiger partial charge on any atom is 0.123 e. The molecule has 1 aliphatic rings. The number of nitrogens with zero attached hydrogens (tertiary/aromatic N) is 4. The number of furan rings is 1. The van der Waals surface area contributed by atoms with Crippen LogP contribution in [0, 0.1) is 12.1 Å². The minimum absolute atomic E-state index is 0. The van der Waals surface area contributed by atoms with Crippen molar-refractivity contribution in [2.24, 2.45) is 0 Å². The smallest absolute Gasteiger partial charge is 0.123 e. The van der Waals surface area contributed by atoms with Gasteiger partial charge in [-0.25, -0.2) is 4.98 Å². The molecule has 0 unspecified atom stereocenters. The second kappa shape index (κ2) is 10.9. The molecule has 6 heteroatoms. The molecule has 0 amide bonds. The quantitative estimate of drug-likeness (QED) is 0.176. The minimum atomic E-state index is 0. The first kappa shape index (κ1) is 25.2. The van der Waals surface area contributed by atoms with Crippen molar-refractivity contribution in [3.8, 4) is 22.5 Å². The van der Waals surface area contributed by atoms with Gasteiger partial charge < -0.3 is 19.0 Å². The molecular formula is C33H24IrN4O-2. The second-order valence-electron chi connectivity index (χ2n) is 9.38. The van der Waals surface area contributed by atoms with Crippen molar-refractivity contribution in [2.75, 3.05) is 0 Å². The summed E-state index contributed by atoms with van der Waals surface area (Å²) in [5.41, 5.74) is 7.77. The van der Waals surface area contributed by atoms with Gasteiger partial charge in [-0.2, -0.15) is 0 Å². The van der Waals surface area contributed by atoms with E-state index in [9.17, 15) is 0 Å². The van der Waals surface area contributed by atoms with Gasteiger partial charge in [-0.1, -0.05) is 35.2 Å². The van der Waals surface area contributed by atoms with Crippen molar-refractivity contribution < 1.29 is 24.5 Å². The second-order valence-corrected chi connectivity index (χ2v) is 9.38. The van der Waals surface area contributed by atoms with Gasteiger partial charge in [0.15, 0.2) is 0 Å². The molecule has 0 saturated heterocycles. The molecule has 193 valence electrons. The van der Waals surface area contributed by atoms with Gasteiger partial charge in [0.25, 0.3) is 0 Å². The molecule has 0 atom stereocenters. The molecule has 5 heterocycles. The van der Waals surface area contributed by atoms with E-state index in [2.05, 4.69) is 44.9 Å². The predicted molar refractivity (Wildman–Crippen MR) is 151 cm³/mol. The fourth-order valence-corrected chi connectivity index (χ4v) is 5.18. The van der Waals surface area contributed by atoms with E-state index < -0.39 is 0 Å². The molecule has 5 nitrogen and oxygen atoms in total. The Balaban J connectivity index is 0.000000180. The van der Waals surface area contributed by atoms with Gasteiger partial charge in [-0.3, -0.25) is 0 Å². The first-order chi connectivity index (χ1) is 18.8. The van der Waals surface area contributed by atoms with Crippen LogP contribution in [0.25, 0.3) is 55.5 Å². The standard InChI is InChI=1S/C22H16N3O.C11H8N.Ir/c1-3-10-23-17(8-1)15-7-5-6-14-16-12-18-19(13-20(16)26-22(14)15)25-11-4-2-9-21(25)24-18;1-2-6-10(7-3-1)11-8-4-5-9-12-11;/h1,3,5-6,8,10,12-13H,2,4,9,11H2;1-6,8-9H;/q2*-1;. The summed E-state index contributed by atoms with van der Waals surface area (Å²) in [5.74, 6) is 1.20. The summed E-state index contributed by atoms with van der Waals surface area (Å²) in [4.78, 5) is 13.6. The van der Waals surface area contributed by atoms with Crippen LogP contribution in [-0.2, 0) is 33.1 Å². The maximum atomic E-state index is 6.29. The van der Waals surface area contributed by atoms with E-state index in [0.29, 0.717) is 0 Å². The summed E-state index contributed by atoms with van der Waals surface area (Å²) >= 11 is 0. The van der Waals surface area contributed by atoms with Crippen LogP contribution >= 0.6 is 0 Å². The average molecular weight is 685 g/mol. The van der Waals surface area contributed by atoms with E-state index in [1.807, 2.05) is 66.7 Å². The van der Waals surface area contributed by atoms with Gasteiger partial charge in [0.1, 0.15) is 11.4 Å². The SMILES string of the molecule is [Ir].[c-]1ccc2c(oc3cc4c(cc32)nc2n4CCCC2)c1-c1ccccn1.[c-]1ccccc1-c1ccccn1. The zero-order chi connectivity index (χ0) is 25.3. The van der Waals surface area contributed by atoms with Crippen molar-refractivity contribution in [1.82, 2.24) is 19.5 Å². The third kappa shape index (κ3) is 4.78. The topological polar surface area (TPSA) is 56.7 Å². The fraction of sp³-hybridized carbons (Fsp3) is 0.121. The zero-order valence-corrected chi connectivity index (χ0v) is 23.5. The van der Waals surface area contributed by atoms with Crippen LogP contribution in [0.2, 0.25) is 0 Å². The van der Waals surface area contributed by atoms with E-state index in [1.54, 1.807) is 12.4 Å². The van der Waals surface area contributed by atoms with Gasteiger partial charge in [0, 0.05) is 56.9 Å². The molecule has 0 spiro atoms. The Hall–Kier alpha value is -4.12. The Morgan fingerprint density at radius 1 is 0.769 bits per heavy atom. The number of aromatic nitrogens is 4. The third-order valence-corrected chi connectivity index (χ3v) is 6.98. The molecule has 1 radical (unpaired) electrons. The summed E-state index contributed by atoms with van der Waals surface area (Å²) in [6.07, 6.45) is 7.10. The molecule has 8 rings (SSSR count). The average Bonchev–Trinajstić information content (AvgIpc) is 3.55. The molecule has 0 bridgehead atoms. The summed E-state index contributed by atoms with van der Waals surface area (Å²) in [7, 11) is 0. The van der Waals surface area contributed by atoms with Crippen molar-refractivity contribution in [3.05, 3.63) is 115 Å². The number of rotatable bonds is 2. The molecule has 0 aliphatic carbocycles. The van der Waals surface area contributed by atoms with Crippen molar-refractivity contribution in [1.29, 1.82) is 0 Å². The Morgan fingerprint density at radius 3 is 2.36 bits per heavy atom. The summed E-state index contributed by atoms with van der Waals surface area (Å²) in [5, 5.41) is 2.20. The van der Waals surface area contributed by atoms with Gasteiger partial charge >= 0.3 is 0 Å². The number of hydrogen-bond acceptors (Lipinski definition) is 4. The number of hydrogen-bond donors (Lipinski definition) is 0. The van der Waals surface area contributed by atoms with Crippen molar-refractivity contribution in [3.63, 3.8) is 0 Å². The normalized spacial score (nSPS) is 12.5. The largest absolute Gasteiger partial charge is 0.501 e. The summed E-state index contributed by atoms with van der Waals surface area (Å²) in [6, 6.07) is 34.3. The number of fused-ring (bicyclic) bond motifs is 6. The van der Waals surface area contributed by atoms with Gasteiger partial charge in [-0.05, 0) is 42.4 Å². The minimum Gasteiger partial charge on any atom is -0.501 e. The molecular weight excluding hydrogens is 661 g/mol. The van der Waals surface area contributed by atoms with Gasteiger partial charge in [0.05, 0.1) is 16.6 Å². The first-order valence-electron chi connectivity index (χ1n) is 12.9. The van der Waals surface area contributed by atoms with E-state index >= 15 is 0 Å². The van der Waals surface area contributed by atoms with Crippen molar-refractivity contribution >= 4 is 33.0 Å². The number of aryl methyl sites for hydroxylation is 2. The maximum absolute atomic E-state index is 6.29. The van der Waals surface area contributed by atoms with Crippen molar-refractivity contribution in [2.45, 2.75) is 25.8 Å². The number of imidazole rings is 1. The molecule has 0 fully saturated rings. The molecule has 0 saturated carbocycles. The number of pyridine rings is 2. The van der Waals surface area contributed by atoms with E-state index in [0.717, 1.165) is 62.9 Å². The molecule has 4 aromatic heterocycles. The van der Waals surface area contributed by atoms with Gasteiger partial charge in [-0.15, -0.1) is 54.1 Å². The van der Waals surface area contributed by atoms with Gasteiger partial charge in [0.2, 0.25) is 0 Å². The molecule has 7 aromatic rings. The molecule has 1 aliphatic heterocycles. The van der Waals surface area contributed by atoms with Crippen LogP contribution in [0.3, 0.4) is 0 Å². The third-order valence-electron chi connectivity index (χ3n) is 6.98. The first-order valence-corrected chi connectivity index (χ1v) is 12.9. The van der Waals surface area contributed by atoms with Crippen LogP contribution in [-0.4, -0.2) is 19.5 Å². The monoisotopic (exact) mass is 685 g/mol. The number of benzene rings is 3. The molecule has 39 heavy (non-hydrogen) atoms. The summed E-state index contributed by atoms with van der Waals surface area (Å²) < 4.78 is 8.64. The molecule has 3 aromatic carbocycles. The van der Waals surface area contributed by atoms with E-state index in [1.165, 1.54) is 24.2 Å². The molecule has 0 N–H and O–H groups in total. The zero-order valence-electron chi connectivity index (χ0n) is 21.1. The fourth-order valence-electron chi connectivity index (χ4n) is 5.18. The Morgan fingerprint density at radius 2 is 1.59 bits per heavy atom. The van der Waals surface area contributed by atoms with E-state index in [-0.39, 0.29) is 20.1 Å². The Kier molecular flexibility index (Phi) is 7.06. The summed E-state index contributed by atoms with van der Waals surface area (Å²) in [6.45, 7) is 1.05. The van der Waals surface area contributed by atoms with E-state index in [4.69, 9.17) is 9.40 Å². The predicted octanol–water partition coefficient (Wildman–Crippen LogP) is 7.68. The Bertz CT molecular complexity index is 1820. The van der Waals surface area contributed by atoms with Crippen LogP contribution in [0.5, 0.6) is 0 Å². The van der Waals surface area contributed by atoms with Crippen LogP contribution in [0.4, 0.5) is 0 Å². The van der Waals surface area contributed by atoms with Crippen LogP contribution < -0.4 is 0 Å².